The molecule has 5 nitrogen and oxygen atoms in total. The molecule has 0 atom stereocenters. The van der Waals surface area contributed by atoms with Crippen LogP contribution in [0.1, 0.15) is 18.1 Å². The Labute approximate surface area is 108 Å². The third-order valence-electron chi connectivity index (χ3n) is 2.79. The van der Waals surface area contributed by atoms with Gasteiger partial charge >= 0.3 is 0 Å². The van der Waals surface area contributed by atoms with Crippen LogP contribution in [0.5, 0.6) is 0 Å². The Hall–Kier alpha value is -1.11. The van der Waals surface area contributed by atoms with E-state index in [4.69, 9.17) is 4.74 Å². The molecular formula is C12H18N2O3S. The molecule has 1 heterocycles. The molecule has 0 fully saturated rings. The van der Waals surface area contributed by atoms with Crippen molar-refractivity contribution < 1.29 is 13.2 Å². The van der Waals surface area contributed by atoms with Crippen molar-refractivity contribution in [2.45, 2.75) is 20.1 Å². The summed E-state index contributed by atoms with van der Waals surface area (Å²) < 4.78 is 31.5. The van der Waals surface area contributed by atoms with Gasteiger partial charge in [0.15, 0.2) is 0 Å². The highest BCUT2D eigenvalue weighted by Gasteiger charge is 2.14. The molecule has 0 spiro atoms. The number of rotatable bonds is 6. The van der Waals surface area contributed by atoms with Crippen molar-refractivity contribution in [2.24, 2.45) is 0 Å². The van der Waals surface area contributed by atoms with E-state index in [0.717, 1.165) is 17.7 Å². The molecule has 2 N–H and O–H groups in total. The number of ether oxygens (including phenoxy) is 1. The summed E-state index contributed by atoms with van der Waals surface area (Å²) in [5.41, 5.74) is 2.79. The number of sulfonamides is 1. The number of hydrogen-bond donors (Lipinski definition) is 2. The van der Waals surface area contributed by atoms with Crippen LogP contribution in [0.2, 0.25) is 0 Å². The maximum atomic E-state index is 11.8. The SMILES string of the molecule is CCNCCS(=O)(=O)Nc1ccc2c(c1)COC2. The van der Waals surface area contributed by atoms with E-state index in [9.17, 15) is 8.42 Å². The number of hydrogen-bond acceptors (Lipinski definition) is 4. The van der Waals surface area contributed by atoms with Gasteiger partial charge in [-0.25, -0.2) is 8.42 Å². The van der Waals surface area contributed by atoms with E-state index in [-0.39, 0.29) is 5.75 Å². The van der Waals surface area contributed by atoms with Crippen LogP contribution in [0.3, 0.4) is 0 Å². The van der Waals surface area contributed by atoms with Gasteiger partial charge in [-0.15, -0.1) is 0 Å². The van der Waals surface area contributed by atoms with Crippen LogP contribution in [0.25, 0.3) is 0 Å². The summed E-state index contributed by atoms with van der Waals surface area (Å²) in [6.07, 6.45) is 0. The zero-order chi connectivity index (χ0) is 13.0. The largest absolute Gasteiger partial charge is 0.372 e. The molecule has 18 heavy (non-hydrogen) atoms. The second-order valence-corrected chi connectivity index (χ2v) is 6.09. The van der Waals surface area contributed by atoms with Gasteiger partial charge in [0.05, 0.1) is 19.0 Å². The normalized spacial score (nSPS) is 14.5. The first-order valence-corrected chi connectivity index (χ1v) is 7.67. The lowest BCUT2D eigenvalue weighted by Gasteiger charge is -2.09. The van der Waals surface area contributed by atoms with Crippen molar-refractivity contribution in [2.75, 3.05) is 23.6 Å². The number of anilines is 1. The minimum absolute atomic E-state index is 0.0778. The fraction of sp³-hybridized carbons (Fsp3) is 0.500. The standard InChI is InChI=1S/C12H18N2O3S/c1-2-13-5-6-18(15,16)14-12-4-3-10-8-17-9-11(10)7-12/h3-4,7,13-14H,2,5-6,8-9H2,1H3. The molecule has 0 radical (unpaired) electrons. The Morgan fingerprint density at radius 2 is 2.06 bits per heavy atom. The van der Waals surface area contributed by atoms with E-state index in [2.05, 4.69) is 10.0 Å². The minimum Gasteiger partial charge on any atom is -0.372 e. The van der Waals surface area contributed by atoms with E-state index < -0.39 is 10.0 Å². The van der Waals surface area contributed by atoms with Gasteiger partial charge in [0.1, 0.15) is 0 Å². The lowest BCUT2D eigenvalue weighted by molar-refractivity contribution is 0.134. The predicted molar refractivity (Wildman–Crippen MR) is 70.9 cm³/mol. The van der Waals surface area contributed by atoms with Crippen LogP contribution in [0.15, 0.2) is 18.2 Å². The molecular weight excluding hydrogens is 252 g/mol. The Morgan fingerprint density at radius 3 is 2.83 bits per heavy atom. The number of benzene rings is 1. The average molecular weight is 270 g/mol. The molecule has 1 aliphatic heterocycles. The molecule has 0 aromatic heterocycles. The third-order valence-corrected chi connectivity index (χ3v) is 4.08. The van der Waals surface area contributed by atoms with Crippen molar-refractivity contribution in [1.82, 2.24) is 5.32 Å². The second-order valence-electron chi connectivity index (χ2n) is 4.25. The minimum atomic E-state index is -3.28. The molecule has 0 aliphatic carbocycles. The molecule has 0 unspecified atom stereocenters. The lowest BCUT2D eigenvalue weighted by atomic mass is 10.1. The number of fused-ring (bicyclic) bond motifs is 1. The van der Waals surface area contributed by atoms with E-state index in [1.807, 2.05) is 19.1 Å². The zero-order valence-corrected chi connectivity index (χ0v) is 11.2. The third kappa shape index (κ3) is 3.44. The van der Waals surface area contributed by atoms with Crippen LogP contribution in [-0.4, -0.2) is 27.3 Å². The molecule has 0 saturated heterocycles. The van der Waals surface area contributed by atoms with Crippen LogP contribution in [0, 0.1) is 0 Å². The van der Waals surface area contributed by atoms with Crippen LogP contribution in [0.4, 0.5) is 5.69 Å². The Morgan fingerprint density at radius 1 is 1.28 bits per heavy atom. The van der Waals surface area contributed by atoms with Gasteiger partial charge < -0.3 is 10.1 Å². The maximum absolute atomic E-state index is 11.8. The van der Waals surface area contributed by atoms with Crippen LogP contribution < -0.4 is 10.0 Å². The summed E-state index contributed by atoms with van der Waals surface area (Å²) in [5.74, 6) is 0.0778. The van der Waals surface area contributed by atoms with Crippen molar-refractivity contribution in [3.63, 3.8) is 0 Å². The first-order valence-electron chi connectivity index (χ1n) is 6.01. The lowest BCUT2D eigenvalue weighted by Crippen LogP contribution is -2.26. The Kier molecular flexibility index (Phi) is 4.21. The van der Waals surface area contributed by atoms with Gasteiger partial charge in [0.25, 0.3) is 0 Å². The zero-order valence-electron chi connectivity index (χ0n) is 10.4. The summed E-state index contributed by atoms with van der Waals surface area (Å²) in [6.45, 7) is 4.34. The quantitative estimate of drug-likeness (QED) is 0.759. The first kappa shape index (κ1) is 13.3. The molecule has 2 rings (SSSR count). The van der Waals surface area contributed by atoms with Crippen molar-refractivity contribution >= 4 is 15.7 Å². The fourth-order valence-electron chi connectivity index (χ4n) is 1.85. The Bertz CT molecular complexity index is 514. The monoisotopic (exact) mass is 270 g/mol. The van der Waals surface area contributed by atoms with E-state index >= 15 is 0 Å². The number of nitrogens with one attached hydrogen (secondary N) is 2. The highest BCUT2D eigenvalue weighted by atomic mass is 32.2. The summed E-state index contributed by atoms with van der Waals surface area (Å²) in [4.78, 5) is 0. The average Bonchev–Trinajstić information content (AvgIpc) is 2.75. The Balaban J connectivity index is 2.00. The van der Waals surface area contributed by atoms with Crippen molar-refractivity contribution in [1.29, 1.82) is 0 Å². The smallest absolute Gasteiger partial charge is 0.233 e. The van der Waals surface area contributed by atoms with Crippen LogP contribution >= 0.6 is 0 Å². The highest BCUT2D eigenvalue weighted by Crippen LogP contribution is 2.23. The van der Waals surface area contributed by atoms with Gasteiger partial charge in [-0.3, -0.25) is 4.72 Å². The summed E-state index contributed by atoms with van der Waals surface area (Å²) >= 11 is 0. The highest BCUT2D eigenvalue weighted by molar-refractivity contribution is 7.92. The first-order chi connectivity index (χ1) is 8.61. The van der Waals surface area contributed by atoms with E-state index in [1.165, 1.54) is 0 Å². The topological polar surface area (TPSA) is 67.4 Å². The molecule has 6 heteroatoms. The molecule has 0 saturated carbocycles. The molecule has 1 aliphatic rings. The fourth-order valence-corrected chi connectivity index (χ4v) is 2.85. The van der Waals surface area contributed by atoms with Gasteiger partial charge in [-0.2, -0.15) is 0 Å². The maximum Gasteiger partial charge on any atom is 0.233 e. The summed E-state index contributed by atoms with van der Waals surface area (Å²) in [6, 6.07) is 5.52. The van der Waals surface area contributed by atoms with Gasteiger partial charge in [0.2, 0.25) is 10.0 Å². The van der Waals surface area contributed by atoms with Crippen molar-refractivity contribution in [3.8, 4) is 0 Å². The second kappa shape index (κ2) is 5.69. The molecule has 0 amide bonds. The summed E-state index contributed by atoms with van der Waals surface area (Å²) in [7, 11) is -3.28. The predicted octanol–water partition coefficient (Wildman–Crippen LogP) is 1.07. The van der Waals surface area contributed by atoms with Crippen molar-refractivity contribution in [3.05, 3.63) is 29.3 Å². The van der Waals surface area contributed by atoms with E-state index in [1.54, 1.807) is 6.07 Å². The van der Waals surface area contributed by atoms with Gasteiger partial charge in [0, 0.05) is 12.2 Å². The van der Waals surface area contributed by atoms with Crippen LogP contribution in [-0.2, 0) is 28.0 Å². The molecule has 1 aromatic rings. The van der Waals surface area contributed by atoms with E-state index in [0.29, 0.717) is 25.4 Å². The van der Waals surface area contributed by atoms with Gasteiger partial charge in [-0.05, 0) is 29.8 Å². The van der Waals surface area contributed by atoms with Gasteiger partial charge in [-0.1, -0.05) is 13.0 Å². The summed E-state index contributed by atoms with van der Waals surface area (Å²) in [5, 5.41) is 2.99. The molecule has 0 bridgehead atoms. The molecule has 1 aromatic carbocycles. The molecule has 100 valence electrons.